The molecule has 0 aliphatic rings. The van der Waals surface area contributed by atoms with Crippen molar-refractivity contribution in [3.05, 3.63) is 47.5 Å². The number of aryl methyl sites for hydroxylation is 1. The predicted octanol–water partition coefficient (Wildman–Crippen LogP) is 2.37. The highest BCUT2D eigenvalue weighted by Crippen LogP contribution is 2.20. The van der Waals surface area contributed by atoms with Crippen molar-refractivity contribution >= 4 is 11.5 Å². The number of nitrogens with one attached hydrogen (secondary N) is 1. The van der Waals surface area contributed by atoms with E-state index in [0.717, 1.165) is 5.69 Å². The second-order valence-electron chi connectivity index (χ2n) is 4.02. The van der Waals surface area contributed by atoms with E-state index >= 15 is 0 Å². The molecule has 0 bridgehead atoms. The van der Waals surface area contributed by atoms with E-state index in [9.17, 15) is 9.18 Å². The standard InChI is InChI=1S/C13H14FN3O/c1-9(18)13-11(14)4-3-5-12(13)15-8-10-6-7-16-17(10)2/h3-7,15H,8H2,1-2H3. The van der Waals surface area contributed by atoms with Gasteiger partial charge in [-0.05, 0) is 25.1 Å². The van der Waals surface area contributed by atoms with Crippen LogP contribution in [0, 0.1) is 5.82 Å². The normalized spacial score (nSPS) is 10.4. The summed E-state index contributed by atoms with van der Waals surface area (Å²) in [5, 5.41) is 7.10. The van der Waals surface area contributed by atoms with E-state index in [0.29, 0.717) is 12.2 Å². The third kappa shape index (κ3) is 2.40. The second kappa shape index (κ2) is 5.00. The summed E-state index contributed by atoms with van der Waals surface area (Å²) in [6, 6.07) is 6.41. The van der Waals surface area contributed by atoms with Crippen molar-refractivity contribution in [3.8, 4) is 0 Å². The highest BCUT2D eigenvalue weighted by atomic mass is 19.1. The molecule has 0 aliphatic carbocycles. The van der Waals surface area contributed by atoms with Gasteiger partial charge in [-0.3, -0.25) is 9.48 Å². The van der Waals surface area contributed by atoms with Gasteiger partial charge in [-0.25, -0.2) is 4.39 Å². The van der Waals surface area contributed by atoms with Crippen molar-refractivity contribution in [1.82, 2.24) is 9.78 Å². The Bertz CT molecular complexity index is 577. The number of carbonyl (C=O) groups excluding carboxylic acids is 1. The molecule has 0 atom stereocenters. The summed E-state index contributed by atoms with van der Waals surface area (Å²) in [5.74, 6) is -0.793. The molecular formula is C13H14FN3O. The van der Waals surface area contributed by atoms with Crippen LogP contribution in [0.2, 0.25) is 0 Å². The van der Waals surface area contributed by atoms with E-state index in [4.69, 9.17) is 0 Å². The minimum atomic E-state index is -0.502. The van der Waals surface area contributed by atoms with Gasteiger partial charge in [0.15, 0.2) is 5.78 Å². The number of hydrogen-bond acceptors (Lipinski definition) is 3. The first-order valence-electron chi connectivity index (χ1n) is 5.60. The zero-order chi connectivity index (χ0) is 13.1. The third-order valence-electron chi connectivity index (χ3n) is 2.75. The van der Waals surface area contributed by atoms with Crippen LogP contribution in [0.5, 0.6) is 0 Å². The summed E-state index contributed by atoms with van der Waals surface area (Å²) in [4.78, 5) is 11.4. The van der Waals surface area contributed by atoms with Crippen LogP contribution in [-0.2, 0) is 13.6 Å². The van der Waals surface area contributed by atoms with E-state index in [2.05, 4.69) is 10.4 Å². The Morgan fingerprint density at radius 1 is 1.44 bits per heavy atom. The molecule has 0 spiro atoms. The van der Waals surface area contributed by atoms with Crippen molar-refractivity contribution in [2.75, 3.05) is 5.32 Å². The maximum absolute atomic E-state index is 13.6. The van der Waals surface area contributed by atoms with E-state index in [1.54, 1.807) is 23.0 Å². The molecule has 0 radical (unpaired) electrons. The molecule has 2 aromatic rings. The maximum atomic E-state index is 13.6. The molecule has 1 N–H and O–H groups in total. The lowest BCUT2D eigenvalue weighted by Gasteiger charge is -2.11. The minimum Gasteiger partial charge on any atom is -0.379 e. The fraction of sp³-hybridized carbons (Fsp3) is 0.231. The molecule has 0 saturated heterocycles. The zero-order valence-corrected chi connectivity index (χ0v) is 10.3. The first kappa shape index (κ1) is 12.3. The van der Waals surface area contributed by atoms with Crippen LogP contribution in [0.25, 0.3) is 0 Å². The molecule has 0 saturated carbocycles. The monoisotopic (exact) mass is 247 g/mol. The predicted molar refractivity (Wildman–Crippen MR) is 66.9 cm³/mol. The van der Waals surface area contributed by atoms with Gasteiger partial charge in [-0.2, -0.15) is 5.10 Å². The van der Waals surface area contributed by atoms with Crippen LogP contribution >= 0.6 is 0 Å². The Morgan fingerprint density at radius 2 is 2.22 bits per heavy atom. The summed E-state index contributed by atoms with van der Waals surface area (Å²) in [7, 11) is 1.83. The number of carbonyl (C=O) groups is 1. The Balaban J connectivity index is 2.22. The number of anilines is 1. The Labute approximate surface area is 104 Å². The number of aromatic nitrogens is 2. The van der Waals surface area contributed by atoms with Crippen molar-refractivity contribution in [2.45, 2.75) is 13.5 Å². The van der Waals surface area contributed by atoms with E-state index in [1.165, 1.54) is 13.0 Å². The van der Waals surface area contributed by atoms with Crippen LogP contribution < -0.4 is 5.32 Å². The number of rotatable bonds is 4. The van der Waals surface area contributed by atoms with Crippen LogP contribution in [0.1, 0.15) is 23.0 Å². The first-order valence-corrected chi connectivity index (χ1v) is 5.60. The van der Waals surface area contributed by atoms with Gasteiger partial charge < -0.3 is 5.32 Å². The lowest BCUT2D eigenvalue weighted by Crippen LogP contribution is -2.09. The molecule has 1 heterocycles. The molecule has 18 heavy (non-hydrogen) atoms. The van der Waals surface area contributed by atoms with Gasteiger partial charge >= 0.3 is 0 Å². The SMILES string of the molecule is CC(=O)c1c(F)cccc1NCc1ccnn1C. The highest BCUT2D eigenvalue weighted by Gasteiger charge is 2.12. The molecule has 0 fully saturated rings. The van der Waals surface area contributed by atoms with Crippen molar-refractivity contribution in [1.29, 1.82) is 0 Å². The fourth-order valence-electron chi connectivity index (χ4n) is 1.79. The molecular weight excluding hydrogens is 233 g/mol. The van der Waals surface area contributed by atoms with Crippen LogP contribution in [0.15, 0.2) is 30.5 Å². The Hall–Kier alpha value is -2.17. The fourth-order valence-corrected chi connectivity index (χ4v) is 1.79. The number of halogens is 1. The number of nitrogens with zero attached hydrogens (tertiary/aromatic N) is 2. The average Bonchev–Trinajstić information content (AvgIpc) is 2.71. The zero-order valence-electron chi connectivity index (χ0n) is 10.3. The topological polar surface area (TPSA) is 46.9 Å². The maximum Gasteiger partial charge on any atom is 0.164 e. The molecule has 94 valence electrons. The number of Topliss-reactive ketones (excluding diaryl/α,β-unsaturated/α-hetero) is 1. The van der Waals surface area contributed by atoms with Crippen LogP contribution in [0.3, 0.4) is 0 Å². The largest absolute Gasteiger partial charge is 0.379 e. The summed E-state index contributed by atoms with van der Waals surface area (Å²) in [5.41, 5.74) is 1.55. The average molecular weight is 247 g/mol. The van der Waals surface area contributed by atoms with Gasteiger partial charge in [0.1, 0.15) is 5.82 Å². The Morgan fingerprint density at radius 3 is 2.83 bits per heavy atom. The smallest absolute Gasteiger partial charge is 0.164 e. The molecule has 0 unspecified atom stereocenters. The van der Waals surface area contributed by atoms with Crippen LogP contribution in [-0.4, -0.2) is 15.6 Å². The first-order chi connectivity index (χ1) is 8.59. The van der Waals surface area contributed by atoms with E-state index in [1.807, 2.05) is 13.1 Å². The lowest BCUT2D eigenvalue weighted by molar-refractivity contribution is 0.101. The van der Waals surface area contributed by atoms with Crippen molar-refractivity contribution in [3.63, 3.8) is 0 Å². The highest BCUT2D eigenvalue weighted by molar-refractivity contribution is 5.99. The van der Waals surface area contributed by atoms with Gasteiger partial charge in [0.25, 0.3) is 0 Å². The summed E-state index contributed by atoms with van der Waals surface area (Å²) >= 11 is 0. The minimum absolute atomic E-state index is 0.0969. The van der Waals surface area contributed by atoms with Gasteiger partial charge in [0.2, 0.25) is 0 Å². The van der Waals surface area contributed by atoms with Gasteiger partial charge in [-0.15, -0.1) is 0 Å². The quantitative estimate of drug-likeness (QED) is 0.844. The number of hydrogen-bond donors (Lipinski definition) is 1. The molecule has 1 aromatic heterocycles. The third-order valence-corrected chi connectivity index (χ3v) is 2.75. The summed E-state index contributed by atoms with van der Waals surface area (Å²) in [6.45, 7) is 1.84. The van der Waals surface area contributed by atoms with Crippen LogP contribution in [0.4, 0.5) is 10.1 Å². The van der Waals surface area contributed by atoms with E-state index in [-0.39, 0.29) is 11.3 Å². The molecule has 5 heteroatoms. The molecule has 2 rings (SSSR count). The van der Waals surface area contributed by atoms with Crippen molar-refractivity contribution in [2.24, 2.45) is 7.05 Å². The lowest BCUT2D eigenvalue weighted by atomic mass is 10.1. The van der Waals surface area contributed by atoms with E-state index < -0.39 is 5.82 Å². The van der Waals surface area contributed by atoms with Gasteiger partial charge in [0, 0.05) is 18.9 Å². The molecule has 4 nitrogen and oxygen atoms in total. The number of ketones is 1. The van der Waals surface area contributed by atoms with Gasteiger partial charge in [0.05, 0.1) is 17.8 Å². The molecule has 1 aromatic carbocycles. The second-order valence-corrected chi connectivity index (χ2v) is 4.02. The summed E-state index contributed by atoms with van der Waals surface area (Å²) < 4.78 is 15.3. The molecule has 0 aliphatic heterocycles. The van der Waals surface area contributed by atoms with Gasteiger partial charge in [-0.1, -0.05) is 6.07 Å². The molecule has 0 amide bonds. The summed E-state index contributed by atoms with van der Waals surface area (Å²) in [6.07, 6.45) is 1.69. The number of benzene rings is 1. The Kier molecular flexibility index (Phi) is 3.41. The van der Waals surface area contributed by atoms with Crippen molar-refractivity contribution < 1.29 is 9.18 Å².